The molecule has 7 heteroatoms. The highest BCUT2D eigenvalue weighted by atomic mass is 32.2. The molecule has 1 amide bonds. The van der Waals surface area contributed by atoms with E-state index in [0.29, 0.717) is 37.3 Å². The molecule has 0 radical (unpaired) electrons. The second kappa shape index (κ2) is 10.4. The number of carbonyl (C=O) groups is 1. The van der Waals surface area contributed by atoms with Crippen molar-refractivity contribution in [1.82, 2.24) is 14.5 Å². The Bertz CT molecular complexity index is 714. The van der Waals surface area contributed by atoms with Crippen LogP contribution in [-0.4, -0.2) is 61.8 Å². The lowest BCUT2D eigenvalue weighted by molar-refractivity contribution is 0.0939. The van der Waals surface area contributed by atoms with Crippen molar-refractivity contribution in [2.45, 2.75) is 70.4 Å². The van der Waals surface area contributed by atoms with Crippen LogP contribution in [-0.2, 0) is 10.0 Å². The maximum atomic E-state index is 12.8. The van der Waals surface area contributed by atoms with Crippen molar-refractivity contribution in [3.05, 3.63) is 29.8 Å². The zero-order valence-electron chi connectivity index (χ0n) is 17.6. The molecule has 1 saturated heterocycles. The van der Waals surface area contributed by atoms with Gasteiger partial charge in [-0.25, -0.2) is 8.42 Å². The fourth-order valence-electron chi connectivity index (χ4n) is 3.72. The van der Waals surface area contributed by atoms with Crippen LogP contribution in [0.15, 0.2) is 29.2 Å². The summed E-state index contributed by atoms with van der Waals surface area (Å²) in [6, 6.07) is 7.12. The summed E-state index contributed by atoms with van der Waals surface area (Å²) < 4.78 is 27.2. The summed E-state index contributed by atoms with van der Waals surface area (Å²) in [5.74, 6) is -0.175. The van der Waals surface area contributed by atoms with Crippen molar-refractivity contribution < 1.29 is 13.2 Å². The number of amides is 1. The molecule has 2 rings (SSSR count). The molecule has 0 atom stereocenters. The second-order valence-electron chi connectivity index (χ2n) is 8.02. The topological polar surface area (TPSA) is 69.7 Å². The molecule has 1 N–H and O–H groups in total. The zero-order chi connectivity index (χ0) is 20.7. The Labute approximate surface area is 170 Å². The van der Waals surface area contributed by atoms with Crippen molar-refractivity contribution in [3.8, 4) is 0 Å². The number of sulfonamides is 1. The minimum atomic E-state index is -3.48. The highest BCUT2D eigenvalue weighted by Gasteiger charge is 2.25. The first-order valence-corrected chi connectivity index (χ1v) is 11.8. The van der Waals surface area contributed by atoms with Gasteiger partial charge in [0.05, 0.1) is 4.90 Å². The smallest absolute Gasteiger partial charge is 0.251 e. The Morgan fingerprint density at radius 1 is 1.00 bits per heavy atom. The van der Waals surface area contributed by atoms with E-state index in [4.69, 9.17) is 0 Å². The molecule has 1 aliphatic heterocycles. The molecule has 1 heterocycles. The molecule has 0 saturated carbocycles. The first-order valence-electron chi connectivity index (χ1n) is 10.4. The number of hydrogen-bond donors (Lipinski definition) is 1. The minimum absolute atomic E-state index is 0.175. The van der Waals surface area contributed by atoms with Gasteiger partial charge in [-0.3, -0.25) is 9.69 Å². The van der Waals surface area contributed by atoms with Crippen LogP contribution in [0.4, 0.5) is 0 Å². The van der Waals surface area contributed by atoms with Gasteiger partial charge in [-0.05, 0) is 64.8 Å². The van der Waals surface area contributed by atoms with Gasteiger partial charge in [0.2, 0.25) is 10.0 Å². The Hall–Kier alpha value is -1.44. The summed E-state index contributed by atoms with van der Waals surface area (Å²) in [6.07, 6.45) is 3.97. The molecule has 0 bridgehead atoms. The standard InChI is InChI=1S/C21H35N3O3S/c1-17(2)24(18(3)4)16-13-22-21(25)19-9-11-20(12-10-19)28(26,27)23-14-7-5-6-8-15-23/h9-12,17-18H,5-8,13-16H2,1-4H3,(H,22,25). The molecule has 158 valence electrons. The number of hydrogen-bond acceptors (Lipinski definition) is 4. The van der Waals surface area contributed by atoms with E-state index in [0.717, 1.165) is 32.2 Å². The van der Waals surface area contributed by atoms with Gasteiger partial charge >= 0.3 is 0 Å². The van der Waals surface area contributed by atoms with Crippen LogP contribution >= 0.6 is 0 Å². The number of nitrogens with one attached hydrogen (secondary N) is 1. The fraction of sp³-hybridized carbons (Fsp3) is 0.667. The lowest BCUT2D eigenvalue weighted by Gasteiger charge is -2.30. The maximum absolute atomic E-state index is 12.8. The lowest BCUT2D eigenvalue weighted by atomic mass is 10.2. The van der Waals surface area contributed by atoms with E-state index < -0.39 is 10.0 Å². The molecule has 0 spiro atoms. The van der Waals surface area contributed by atoms with Gasteiger partial charge in [0.1, 0.15) is 0 Å². The van der Waals surface area contributed by atoms with Gasteiger partial charge in [-0.15, -0.1) is 0 Å². The highest BCUT2D eigenvalue weighted by molar-refractivity contribution is 7.89. The van der Waals surface area contributed by atoms with Crippen LogP contribution in [0, 0.1) is 0 Å². The van der Waals surface area contributed by atoms with Gasteiger partial charge in [0.15, 0.2) is 0 Å². The molecule has 1 aromatic rings. The Kier molecular flexibility index (Phi) is 8.46. The molecular formula is C21H35N3O3S. The first kappa shape index (κ1) is 22.8. The van der Waals surface area contributed by atoms with E-state index in [2.05, 4.69) is 37.9 Å². The number of carbonyl (C=O) groups excluding carboxylic acids is 1. The van der Waals surface area contributed by atoms with Gasteiger partial charge in [-0.1, -0.05) is 12.8 Å². The normalized spacial score (nSPS) is 16.5. The number of nitrogens with zero attached hydrogens (tertiary/aromatic N) is 2. The molecule has 1 aliphatic rings. The van der Waals surface area contributed by atoms with E-state index in [-0.39, 0.29) is 10.8 Å². The molecule has 6 nitrogen and oxygen atoms in total. The fourth-order valence-corrected chi connectivity index (χ4v) is 5.24. The van der Waals surface area contributed by atoms with Gasteiger partial charge < -0.3 is 5.32 Å². The molecule has 0 unspecified atom stereocenters. The summed E-state index contributed by atoms with van der Waals surface area (Å²) in [6.45, 7) is 11.1. The average molecular weight is 410 g/mol. The van der Waals surface area contributed by atoms with Gasteiger partial charge in [0.25, 0.3) is 5.91 Å². The van der Waals surface area contributed by atoms with E-state index in [1.165, 1.54) is 0 Å². The van der Waals surface area contributed by atoms with Crippen LogP contribution in [0.25, 0.3) is 0 Å². The average Bonchev–Trinajstić information content (AvgIpc) is 2.94. The molecular weight excluding hydrogens is 374 g/mol. The largest absolute Gasteiger partial charge is 0.351 e. The Balaban J connectivity index is 1.96. The second-order valence-corrected chi connectivity index (χ2v) is 9.96. The van der Waals surface area contributed by atoms with E-state index in [1.807, 2.05) is 0 Å². The Morgan fingerprint density at radius 2 is 1.54 bits per heavy atom. The molecule has 1 fully saturated rings. The highest BCUT2D eigenvalue weighted by Crippen LogP contribution is 2.20. The van der Waals surface area contributed by atoms with E-state index >= 15 is 0 Å². The predicted molar refractivity (Wildman–Crippen MR) is 113 cm³/mol. The van der Waals surface area contributed by atoms with Crippen molar-refractivity contribution in [3.63, 3.8) is 0 Å². The Morgan fingerprint density at radius 3 is 2.04 bits per heavy atom. The van der Waals surface area contributed by atoms with Crippen LogP contribution in [0.2, 0.25) is 0 Å². The quantitative estimate of drug-likeness (QED) is 0.716. The van der Waals surface area contributed by atoms with E-state index in [1.54, 1.807) is 28.6 Å². The van der Waals surface area contributed by atoms with Crippen molar-refractivity contribution >= 4 is 15.9 Å². The minimum Gasteiger partial charge on any atom is -0.351 e. The third-order valence-corrected chi connectivity index (χ3v) is 7.21. The van der Waals surface area contributed by atoms with E-state index in [9.17, 15) is 13.2 Å². The molecule has 0 aromatic heterocycles. The third-order valence-electron chi connectivity index (χ3n) is 5.30. The van der Waals surface area contributed by atoms with Crippen molar-refractivity contribution in [2.75, 3.05) is 26.2 Å². The number of rotatable bonds is 8. The van der Waals surface area contributed by atoms with Crippen LogP contribution in [0.1, 0.15) is 63.7 Å². The summed E-state index contributed by atoms with van der Waals surface area (Å²) in [4.78, 5) is 15.0. The van der Waals surface area contributed by atoms with Gasteiger partial charge in [0, 0.05) is 43.8 Å². The first-order chi connectivity index (χ1) is 13.2. The predicted octanol–water partition coefficient (Wildman–Crippen LogP) is 3.10. The lowest BCUT2D eigenvalue weighted by Crippen LogP contribution is -2.42. The van der Waals surface area contributed by atoms with Crippen LogP contribution < -0.4 is 5.32 Å². The van der Waals surface area contributed by atoms with Crippen LogP contribution in [0.5, 0.6) is 0 Å². The monoisotopic (exact) mass is 409 g/mol. The summed E-state index contributed by atoms with van der Waals surface area (Å²) >= 11 is 0. The van der Waals surface area contributed by atoms with Crippen molar-refractivity contribution in [2.24, 2.45) is 0 Å². The third kappa shape index (κ3) is 6.03. The summed E-state index contributed by atoms with van der Waals surface area (Å²) in [7, 11) is -3.48. The maximum Gasteiger partial charge on any atom is 0.251 e. The molecule has 28 heavy (non-hydrogen) atoms. The zero-order valence-corrected chi connectivity index (χ0v) is 18.5. The van der Waals surface area contributed by atoms with Gasteiger partial charge in [-0.2, -0.15) is 4.31 Å². The molecule has 1 aromatic carbocycles. The molecule has 0 aliphatic carbocycles. The SMILES string of the molecule is CC(C)N(CCNC(=O)c1ccc(S(=O)(=O)N2CCCCCC2)cc1)C(C)C. The number of benzene rings is 1. The van der Waals surface area contributed by atoms with Crippen molar-refractivity contribution in [1.29, 1.82) is 0 Å². The summed E-state index contributed by atoms with van der Waals surface area (Å²) in [5, 5.41) is 2.93. The summed E-state index contributed by atoms with van der Waals surface area (Å²) in [5.41, 5.74) is 0.482. The van der Waals surface area contributed by atoms with Crippen LogP contribution in [0.3, 0.4) is 0 Å².